The first-order chi connectivity index (χ1) is 10.1. The smallest absolute Gasteiger partial charge is 0.374 e. The maximum atomic E-state index is 13.4. The average molecular weight is 321 g/mol. The van der Waals surface area contributed by atoms with Crippen molar-refractivity contribution in [3.63, 3.8) is 0 Å². The molecule has 9 heteroatoms. The van der Waals surface area contributed by atoms with E-state index in [0.717, 1.165) is 6.07 Å². The normalized spacial score (nSPS) is 12.5. The molecule has 0 aromatic heterocycles. The van der Waals surface area contributed by atoms with Crippen LogP contribution >= 0.6 is 0 Å². The fourth-order valence-corrected chi connectivity index (χ4v) is 1.56. The Hall–Kier alpha value is -2.32. The number of nitrogens with one attached hydrogen (secondary N) is 3. The summed E-state index contributed by atoms with van der Waals surface area (Å²) in [6.45, 7) is 1.12. The first-order valence-electron chi connectivity index (χ1n) is 6.26. The lowest BCUT2D eigenvalue weighted by Gasteiger charge is -2.17. The zero-order valence-corrected chi connectivity index (χ0v) is 11.8. The summed E-state index contributed by atoms with van der Waals surface area (Å²) < 4.78 is 49.5. The van der Waals surface area contributed by atoms with Gasteiger partial charge in [0, 0.05) is 12.6 Å². The predicted octanol–water partition coefficient (Wildman–Crippen LogP) is 2.26. The van der Waals surface area contributed by atoms with Gasteiger partial charge in [-0.05, 0) is 25.1 Å². The molecule has 1 rings (SSSR count). The highest BCUT2D eigenvalue weighted by Crippen LogP contribution is 2.20. The first kappa shape index (κ1) is 17.7. The molecular weight excluding hydrogens is 306 g/mol. The van der Waals surface area contributed by atoms with E-state index in [9.17, 15) is 27.2 Å². The largest absolute Gasteiger partial charge is 0.405 e. The Bertz CT molecular complexity index is 561. The number of hydrogen-bond acceptors (Lipinski definition) is 3. The van der Waals surface area contributed by atoms with Crippen LogP contribution in [0.1, 0.15) is 13.8 Å². The Morgan fingerprint density at radius 2 is 1.91 bits per heavy atom. The van der Waals surface area contributed by atoms with Crippen molar-refractivity contribution in [3.8, 4) is 0 Å². The van der Waals surface area contributed by atoms with Crippen molar-refractivity contribution in [2.75, 3.05) is 17.2 Å². The van der Waals surface area contributed by atoms with Gasteiger partial charge < -0.3 is 16.0 Å². The second kappa shape index (κ2) is 7.10. The SMILES string of the molecule is CC(=O)Nc1cc(N[C@H](C)C(=O)NCC(F)(F)F)ccc1F. The van der Waals surface area contributed by atoms with Crippen LogP contribution in [0.2, 0.25) is 0 Å². The second-order valence-electron chi connectivity index (χ2n) is 4.57. The second-order valence-corrected chi connectivity index (χ2v) is 4.57. The van der Waals surface area contributed by atoms with E-state index >= 15 is 0 Å². The lowest BCUT2D eigenvalue weighted by atomic mass is 10.2. The summed E-state index contributed by atoms with van der Waals surface area (Å²) in [4.78, 5) is 22.4. The van der Waals surface area contributed by atoms with Gasteiger partial charge in [0.2, 0.25) is 11.8 Å². The van der Waals surface area contributed by atoms with Crippen LogP contribution in [-0.2, 0) is 9.59 Å². The number of anilines is 2. The molecule has 0 unspecified atom stereocenters. The highest BCUT2D eigenvalue weighted by molar-refractivity contribution is 5.90. The van der Waals surface area contributed by atoms with Crippen molar-refractivity contribution in [2.24, 2.45) is 0 Å². The summed E-state index contributed by atoms with van der Waals surface area (Å²) in [7, 11) is 0. The standard InChI is InChI=1S/C13H15F4N3O2/c1-7(12(22)18-6-13(15,16)17)19-9-3-4-10(14)11(5-9)20-8(2)21/h3-5,7,19H,6H2,1-2H3,(H,18,22)(H,20,21)/t7-/m1/s1. The molecule has 0 aliphatic rings. The third-order valence-corrected chi connectivity index (χ3v) is 2.52. The lowest BCUT2D eigenvalue weighted by molar-refractivity contribution is -0.138. The Labute approximate surface area is 124 Å². The van der Waals surface area contributed by atoms with E-state index in [4.69, 9.17) is 0 Å². The number of hydrogen-bond donors (Lipinski definition) is 3. The van der Waals surface area contributed by atoms with Crippen molar-refractivity contribution in [1.29, 1.82) is 0 Å². The van der Waals surface area contributed by atoms with E-state index in [-0.39, 0.29) is 11.4 Å². The first-order valence-corrected chi connectivity index (χ1v) is 6.26. The number of halogens is 4. The van der Waals surface area contributed by atoms with E-state index in [1.807, 2.05) is 0 Å². The zero-order valence-electron chi connectivity index (χ0n) is 11.8. The van der Waals surface area contributed by atoms with Crippen molar-refractivity contribution in [1.82, 2.24) is 5.32 Å². The van der Waals surface area contributed by atoms with Gasteiger partial charge in [-0.1, -0.05) is 0 Å². The molecule has 2 amide bonds. The van der Waals surface area contributed by atoms with Crippen molar-refractivity contribution >= 4 is 23.2 Å². The Kier molecular flexibility index (Phi) is 5.72. The fraction of sp³-hybridized carbons (Fsp3) is 0.385. The van der Waals surface area contributed by atoms with Crippen LogP contribution in [0.5, 0.6) is 0 Å². The van der Waals surface area contributed by atoms with Crippen LogP contribution in [0.15, 0.2) is 18.2 Å². The number of benzene rings is 1. The molecule has 0 fully saturated rings. The minimum atomic E-state index is -4.50. The highest BCUT2D eigenvalue weighted by atomic mass is 19.4. The Balaban J connectivity index is 2.69. The minimum absolute atomic E-state index is 0.0969. The van der Waals surface area contributed by atoms with E-state index in [2.05, 4.69) is 10.6 Å². The van der Waals surface area contributed by atoms with Crippen LogP contribution in [0.4, 0.5) is 28.9 Å². The molecule has 0 heterocycles. The summed E-state index contributed by atoms with van der Waals surface area (Å²) in [5.74, 6) is -2.01. The van der Waals surface area contributed by atoms with E-state index in [1.54, 1.807) is 5.32 Å². The van der Waals surface area contributed by atoms with Gasteiger partial charge in [-0.3, -0.25) is 9.59 Å². The zero-order chi connectivity index (χ0) is 16.9. The van der Waals surface area contributed by atoms with Gasteiger partial charge in [0.1, 0.15) is 18.4 Å². The minimum Gasteiger partial charge on any atom is -0.374 e. The van der Waals surface area contributed by atoms with Crippen molar-refractivity contribution in [3.05, 3.63) is 24.0 Å². The fourth-order valence-electron chi connectivity index (χ4n) is 1.56. The van der Waals surface area contributed by atoms with Gasteiger partial charge in [0.05, 0.1) is 5.69 Å². The van der Waals surface area contributed by atoms with Gasteiger partial charge in [-0.25, -0.2) is 4.39 Å². The number of rotatable bonds is 5. The van der Waals surface area contributed by atoms with Gasteiger partial charge in [0.25, 0.3) is 0 Å². The van der Waals surface area contributed by atoms with Crippen LogP contribution in [0.3, 0.4) is 0 Å². The maximum absolute atomic E-state index is 13.4. The third-order valence-electron chi connectivity index (χ3n) is 2.52. The van der Waals surface area contributed by atoms with Crippen LogP contribution in [0, 0.1) is 5.82 Å². The summed E-state index contributed by atoms with van der Waals surface area (Å²) in [6, 6.07) is 2.63. The molecule has 0 aliphatic heterocycles. The molecule has 1 aromatic rings. The van der Waals surface area contributed by atoms with E-state index < -0.39 is 36.4 Å². The number of amides is 2. The molecule has 0 saturated carbocycles. The van der Waals surface area contributed by atoms with Crippen LogP contribution in [0.25, 0.3) is 0 Å². The Morgan fingerprint density at radius 3 is 2.45 bits per heavy atom. The van der Waals surface area contributed by atoms with Crippen molar-refractivity contribution < 1.29 is 27.2 Å². The molecule has 0 spiro atoms. The van der Waals surface area contributed by atoms with Crippen LogP contribution < -0.4 is 16.0 Å². The summed E-state index contributed by atoms with van der Waals surface area (Å²) >= 11 is 0. The molecule has 22 heavy (non-hydrogen) atoms. The molecule has 0 saturated heterocycles. The summed E-state index contributed by atoms with van der Waals surface area (Å²) in [6.07, 6.45) is -4.50. The summed E-state index contributed by atoms with van der Waals surface area (Å²) in [5.41, 5.74) is 0.181. The van der Waals surface area contributed by atoms with Gasteiger partial charge in [0.15, 0.2) is 0 Å². The number of alkyl halides is 3. The molecular formula is C13H15F4N3O2. The summed E-state index contributed by atoms with van der Waals surface area (Å²) in [5, 5.41) is 6.61. The van der Waals surface area contributed by atoms with Crippen molar-refractivity contribution in [2.45, 2.75) is 26.1 Å². The molecule has 0 radical (unpaired) electrons. The molecule has 3 N–H and O–H groups in total. The topological polar surface area (TPSA) is 70.2 Å². The molecule has 1 aromatic carbocycles. The predicted molar refractivity (Wildman–Crippen MR) is 72.9 cm³/mol. The van der Waals surface area contributed by atoms with Gasteiger partial charge in [-0.2, -0.15) is 13.2 Å². The van der Waals surface area contributed by atoms with Gasteiger partial charge >= 0.3 is 6.18 Å². The monoisotopic (exact) mass is 321 g/mol. The maximum Gasteiger partial charge on any atom is 0.405 e. The molecule has 1 atom stereocenters. The Morgan fingerprint density at radius 1 is 1.27 bits per heavy atom. The molecule has 0 aliphatic carbocycles. The quantitative estimate of drug-likeness (QED) is 0.729. The average Bonchev–Trinajstić information content (AvgIpc) is 2.38. The number of carbonyl (C=O) groups is 2. The third kappa shape index (κ3) is 5.98. The highest BCUT2D eigenvalue weighted by Gasteiger charge is 2.28. The van der Waals surface area contributed by atoms with Crippen LogP contribution in [-0.4, -0.2) is 30.6 Å². The molecule has 5 nitrogen and oxygen atoms in total. The molecule has 0 bridgehead atoms. The van der Waals surface area contributed by atoms with E-state index in [0.29, 0.717) is 0 Å². The molecule has 122 valence electrons. The lowest BCUT2D eigenvalue weighted by Crippen LogP contribution is -2.42. The number of carbonyl (C=O) groups excluding carboxylic acids is 2. The van der Waals surface area contributed by atoms with E-state index in [1.165, 1.54) is 26.0 Å². The van der Waals surface area contributed by atoms with Gasteiger partial charge in [-0.15, -0.1) is 0 Å².